The summed E-state index contributed by atoms with van der Waals surface area (Å²) in [7, 11) is 0. The lowest BCUT2D eigenvalue weighted by atomic mass is 9.93. The third kappa shape index (κ3) is 2.79. The summed E-state index contributed by atoms with van der Waals surface area (Å²) >= 11 is 1.48. The predicted molar refractivity (Wildman–Crippen MR) is 75.0 cm³/mol. The van der Waals surface area contributed by atoms with Gasteiger partial charge >= 0.3 is 0 Å². The Morgan fingerprint density at radius 3 is 2.56 bits per heavy atom. The second kappa shape index (κ2) is 4.82. The molecule has 1 fully saturated rings. The number of anilines is 1. The molecular formula is C13H19N3OS. The fraction of sp³-hybridized carbons (Fsp3) is 0.538. The Labute approximate surface area is 112 Å². The van der Waals surface area contributed by atoms with Gasteiger partial charge in [-0.15, -0.1) is 11.3 Å². The first-order valence-corrected chi connectivity index (χ1v) is 6.92. The molecular weight excluding hydrogens is 246 g/mol. The quantitative estimate of drug-likeness (QED) is 0.807. The molecule has 4 nitrogen and oxygen atoms in total. The lowest BCUT2D eigenvalue weighted by Crippen LogP contribution is -2.36. The first-order valence-electron chi connectivity index (χ1n) is 6.04. The molecule has 0 spiro atoms. The second-order valence-electron chi connectivity index (χ2n) is 5.57. The van der Waals surface area contributed by atoms with E-state index in [2.05, 4.69) is 36.4 Å². The first kappa shape index (κ1) is 13.2. The molecule has 0 unspecified atom stereocenters. The molecule has 0 saturated carbocycles. The standard InChI is InChI=1S/C13H19N3OS/c1-8(9-5-14-6-9)11(17)16-12-15-10(7-18-12)13(2,3)4/h7,14H,5-6H2,1-4H3,(H,15,16,17). The molecule has 0 bridgehead atoms. The summed E-state index contributed by atoms with van der Waals surface area (Å²) < 4.78 is 0. The highest BCUT2D eigenvalue weighted by molar-refractivity contribution is 7.14. The zero-order chi connectivity index (χ0) is 13.3. The van der Waals surface area contributed by atoms with E-state index < -0.39 is 0 Å². The molecule has 1 aliphatic rings. The second-order valence-corrected chi connectivity index (χ2v) is 6.43. The number of hydrogen-bond donors (Lipinski definition) is 2. The minimum Gasteiger partial charge on any atom is -0.309 e. The minimum atomic E-state index is -0.0405. The van der Waals surface area contributed by atoms with E-state index in [1.54, 1.807) is 0 Å². The molecule has 1 aliphatic heterocycles. The summed E-state index contributed by atoms with van der Waals surface area (Å²) in [5.74, 6) is -0.0405. The van der Waals surface area contributed by atoms with Gasteiger partial charge in [0.05, 0.1) is 5.69 Å². The monoisotopic (exact) mass is 265 g/mol. The van der Waals surface area contributed by atoms with Crippen LogP contribution in [0, 0.1) is 0 Å². The van der Waals surface area contributed by atoms with Crippen molar-refractivity contribution in [3.05, 3.63) is 22.2 Å². The Morgan fingerprint density at radius 1 is 1.44 bits per heavy atom. The Bertz CT molecular complexity index is 491. The maximum atomic E-state index is 12.0. The Balaban J connectivity index is 2.06. The fourth-order valence-corrected chi connectivity index (χ4v) is 2.47. The van der Waals surface area contributed by atoms with E-state index in [4.69, 9.17) is 0 Å². The van der Waals surface area contributed by atoms with Gasteiger partial charge in [0, 0.05) is 29.5 Å². The van der Waals surface area contributed by atoms with E-state index in [0.717, 1.165) is 24.4 Å². The van der Waals surface area contributed by atoms with Gasteiger partial charge in [0.1, 0.15) is 0 Å². The summed E-state index contributed by atoms with van der Waals surface area (Å²) in [5, 5.41) is 8.68. The van der Waals surface area contributed by atoms with Gasteiger partial charge in [-0.3, -0.25) is 10.1 Å². The first-order chi connectivity index (χ1) is 8.38. The van der Waals surface area contributed by atoms with Crippen LogP contribution >= 0.6 is 11.3 Å². The highest BCUT2D eigenvalue weighted by atomic mass is 32.1. The van der Waals surface area contributed by atoms with Crippen LogP contribution in [0.25, 0.3) is 0 Å². The number of hydrogen-bond acceptors (Lipinski definition) is 4. The van der Waals surface area contributed by atoms with Gasteiger partial charge in [-0.1, -0.05) is 20.8 Å². The van der Waals surface area contributed by atoms with E-state index in [1.807, 2.05) is 12.3 Å². The molecule has 1 aromatic rings. The summed E-state index contributed by atoms with van der Waals surface area (Å²) in [5.41, 5.74) is 3.02. The van der Waals surface area contributed by atoms with Crippen LogP contribution in [-0.2, 0) is 10.2 Å². The molecule has 98 valence electrons. The molecule has 5 heteroatoms. The molecule has 0 atom stereocenters. The minimum absolute atomic E-state index is 0.0187. The molecule has 18 heavy (non-hydrogen) atoms. The van der Waals surface area contributed by atoms with Crippen LogP contribution in [0.3, 0.4) is 0 Å². The van der Waals surface area contributed by atoms with Crippen molar-refractivity contribution >= 4 is 22.4 Å². The van der Waals surface area contributed by atoms with Gasteiger partial charge in [-0.2, -0.15) is 0 Å². The van der Waals surface area contributed by atoms with Gasteiger partial charge in [0.15, 0.2) is 5.13 Å². The van der Waals surface area contributed by atoms with Crippen molar-refractivity contribution in [1.29, 1.82) is 0 Å². The zero-order valence-corrected chi connectivity index (χ0v) is 12.1. The number of nitrogens with zero attached hydrogens (tertiary/aromatic N) is 1. The van der Waals surface area contributed by atoms with Gasteiger partial charge in [-0.25, -0.2) is 4.98 Å². The lowest BCUT2D eigenvalue weighted by molar-refractivity contribution is -0.112. The Kier molecular flexibility index (Phi) is 3.54. The van der Waals surface area contributed by atoms with E-state index in [0.29, 0.717) is 5.13 Å². The molecule has 0 aromatic carbocycles. The normalized spacial score (nSPS) is 15.2. The van der Waals surface area contributed by atoms with Crippen molar-refractivity contribution in [2.75, 3.05) is 18.4 Å². The predicted octanol–water partition coefficient (Wildman–Crippen LogP) is 2.30. The van der Waals surface area contributed by atoms with Crippen molar-refractivity contribution in [2.45, 2.75) is 33.1 Å². The van der Waals surface area contributed by atoms with Crippen molar-refractivity contribution < 1.29 is 4.79 Å². The highest BCUT2D eigenvalue weighted by Crippen LogP contribution is 2.26. The number of carbonyl (C=O) groups is 1. The number of nitrogens with one attached hydrogen (secondary N) is 2. The number of aromatic nitrogens is 1. The smallest absolute Gasteiger partial charge is 0.253 e. The molecule has 1 saturated heterocycles. The topological polar surface area (TPSA) is 54.0 Å². The van der Waals surface area contributed by atoms with Gasteiger partial charge in [0.2, 0.25) is 0 Å². The number of thiazole rings is 1. The van der Waals surface area contributed by atoms with Gasteiger partial charge in [-0.05, 0) is 12.5 Å². The van der Waals surface area contributed by atoms with Gasteiger partial charge in [0.25, 0.3) is 5.91 Å². The molecule has 2 N–H and O–H groups in total. The number of carbonyl (C=O) groups excluding carboxylic acids is 1. The number of rotatable bonds is 2. The molecule has 0 aliphatic carbocycles. The van der Waals surface area contributed by atoms with E-state index in [1.165, 1.54) is 16.9 Å². The van der Waals surface area contributed by atoms with Crippen LogP contribution in [-0.4, -0.2) is 24.0 Å². The Morgan fingerprint density at radius 2 is 2.11 bits per heavy atom. The lowest BCUT2D eigenvalue weighted by Gasteiger charge is -2.21. The van der Waals surface area contributed by atoms with Crippen LogP contribution < -0.4 is 10.6 Å². The maximum absolute atomic E-state index is 12.0. The third-order valence-corrected chi connectivity index (χ3v) is 3.80. The van der Waals surface area contributed by atoms with Crippen LogP contribution in [0.5, 0.6) is 0 Å². The van der Waals surface area contributed by atoms with E-state index in [9.17, 15) is 4.79 Å². The summed E-state index contributed by atoms with van der Waals surface area (Å²) in [6.07, 6.45) is 0. The fourth-order valence-electron chi connectivity index (χ4n) is 1.54. The molecule has 0 radical (unpaired) electrons. The van der Waals surface area contributed by atoms with Crippen molar-refractivity contribution in [3.63, 3.8) is 0 Å². The average Bonchev–Trinajstić information content (AvgIpc) is 2.62. The number of amides is 1. The van der Waals surface area contributed by atoms with Crippen LogP contribution in [0.1, 0.15) is 33.4 Å². The molecule has 2 rings (SSSR count). The Hall–Kier alpha value is -1.20. The molecule has 2 heterocycles. The zero-order valence-electron chi connectivity index (χ0n) is 11.3. The van der Waals surface area contributed by atoms with Crippen LogP contribution in [0.2, 0.25) is 0 Å². The average molecular weight is 265 g/mol. The van der Waals surface area contributed by atoms with E-state index >= 15 is 0 Å². The van der Waals surface area contributed by atoms with E-state index in [-0.39, 0.29) is 11.3 Å². The largest absolute Gasteiger partial charge is 0.309 e. The van der Waals surface area contributed by atoms with Crippen LogP contribution in [0.15, 0.2) is 16.5 Å². The summed E-state index contributed by atoms with van der Waals surface area (Å²) in [6.45, 7) is 9.85. The SMILES string of the molecule is CC(C(=O)Nc1nc(C(C)(C)C)cs1)=C1CNC1. The van der Waals surface area contributed by atoms with Crippen molar-refractivity contribution in [3.8, 4) is 0 Å². The third-order valence-electron chi connectivity index (χ3n) is 3.04. The molecule has 1 amide bonds. The van der Waals surface area contributed by atoms with Gasteiger partial charge < -0.3 is 5.32 Å². The van der Waals surface area contributed by atoms with Crippen molar-refractivity contribution in [2.24, 2.45) is 0 Å². The van der Waals surface area contributed by atoms with Crippen molar-refractivity contribution in [1.82, 2.24) is 10.3 Å². The maximum Gasteiger partial charge on any atom is 0.253 e. The van der Waals surface area contributed by atoms with Crippen LogP contribution in [0.4, 0.5) is 5.13 Å². The highest BCUT2D eigenvalue weighted by Gasteiger charge is 2.20. The molecule has 1 aromatic heterocycles. The summed E-state index contributed by atoms with van der Waals surface area (Å²) in [6, 6.07) is 0. The summed E-state index contributed by atoms with van der Waals surface area (Å²) in [4.78, 5) is 16.4.